The molecule has 0 bridgehead atoms. The fourth-order valence-corrected chi connectivity index (χ4v) is 2.44. The van der Waals surface area contributed by atoms with E-state index >= 15 is 0 Å². The van der Waals surface area contributed by atoms with E-state index in [0.29, 0.717) is 19.5 Å². The molecule has 0 radical (unpaired) electrons. The van der Waals surface area contributed by atoms with Crippen LogP contribution in [0.3, 0.4) is 0 Å². The van der Waals surface area contributed by atoms with E-state index in [0.717, 1.165) is 22.0 Å². The van der Waals surface area contributed by atoms with Crippen molar-refractivity contribution in [2.75, 3.05) is 23.3 Å². The number of carbonyl (C=O) groups is 1. The van der Waals surface area contributed by atoms with E-state index in [1.54, 1.807) is 4.90 Å². The third-order valence-corrected chi connectivity index (χ3v) is 3.93. The topological polar surface area (TPSA) is 32.3 Å². The van der Waals surface area contributed by atoms with E-state index in [1.807, 2.05) is 62.4 Å². The van der Waals surface area contributed by atoms with Crippen molar-refractivity contribution in [1.82, 2.24) is 0 Å². The van der Waals surface area contributed by atoms with Crippen LogP contribution >= 0.6 is 11.6 Å². The summed E-state index contributed by atoms with van der Waals surface area (Å²) in [7, 11) is 0. The van der Waals surface area contributed by atoms with Gasteiger partial charge in [0.05, 0.1) is 0 Å². The molecule has 0 aliphatic heterocycles. The van der Waals surface area contributed by atoms with Crippen molar-refractivity contribution in [2.45, 2.75) is 20.3 Å². The summed E-state index contributed by atoms with van der Waals surface area (Å²) in [5, 5.41) is 3.97. The van der Waals surface area contributed by atoms with Gasteiger partial charge in [-0.25, -0.2) is 0 Å². The predicted molar refractivity (Wildman–Crippen MR) is 93.8 cm³/mol. The maximum Gasteiger partial charge on any atom is 0.228 e. The molecule has 0 spiro atoms. The first-order valence-corrected chi connectivity index (χ1v) is 7.85. The van der Waals surface area contributed by atoms with Gasteiger partial charge in [0.2, 0.25) is 5.91 Å². The summed E-state index contributed by atoms with van der Waals surface area (Å²) in [5.41, 5.74) is 2.92. The van der Waals surface area contributed by atoms with Crippen LogP contribution in [0.5, 0.6) is 0 Å². The SMILES string of the molecule is CCN(C(=O)CCNc1ccc(C)c(Cl)c1)c1ccccc1. The Morgan fingerprint density at radius 3 is 2.55 bits per heavy atom. The number of benzene rings is 2. The van der Waals surface area contributed by atoms with Crippen LogP contribution in [-0.4, -0.2) is 19.0 Å². The zero-order valence-corrected chi connectivity index (χ0v) is 13.7. The Morgan fingerprint density at radius 2 is 1.91 bits per heavy atom. The number of hydrogen-bond acceptors (Lipinski definition) is 2. The molecule has 3 nitrogen and oxygen atoms in total. The van der Waals surface area contributed by atoms with Gasteiger partial charge >= 0.3 is 0 Å². The Bertz CT molecular complexity index is 628. The molecule has 1 amide bonds. The summed E-state index contributed by atoms with van der Waals surface area (Å²) in [6.07, 6.45) is 0.439. The zero-order valence-electron chi connectivity index (χ0n) is 13.0. The van der Waals surface area contributed by atoms with Gasteiger partial charge in [-0.2, -0.15) is 0 Å². The lowest BCUT2D eigenvalue weighted by Gasteiger charge is -2.21. The van der Waals surface area contributed by atoms with Crippen molar-refractivity contribution in [3.8, 4) is 0 Å². The summed E-state index contributed by atoms with van der Waals surface area (Å²) >= 11 is 6.09. The Kier molecular flexibility index (Phi) is 5.84. The Labute approximate surface area is 136 Å². The molecule has 0 saturated heterocycles. The van der Waals surface area contributed by atoms with E-state index in [1.165, 1.54) is 0 Å². The molecule has 0 heterocycles. The van der Waals surface area contributed by atoms with Crippen molar-refractivity contribution in [3.63, 3.8) is 0 Å². The second-order valence-corrected chi connectivity index (χ2v) is 5.52. The van der Waals surface area contributed by atoms with Gasteiger partial charge in [-0.15, -0.1) is 0 Å². The number of nitrogens with zero attached hydrogens (tertiary/aromatic N) is 1. The first-order valence-electron chi connectivity index (χ1n) is 7.47. The Morgan fingerprint density at radius 1 is 1.18 bits per heavy atom. The van der Waals surface area contributed by atoms with Gasteiger partial charge in [-0.05, 0) is 43.7 Å². The van der Waals surface area contributed by atoms with Gasteiger partial charge in [0.15, 0.2) is 0 Å². The Hall–Kier alpha value is -2.00. The predicted octanol–water partition coefficient (Wildman–Crippen LogP) is 4.50. The first-order chi connectivity index (χ1) is 10.6. The molecule has 0 unspecified atom stereocenters. The number of carbonyl (C=O) groups excluding carboxylic acids is 1. The van der Waals surface area contributed by atoms with E-state index in [-0.39, 0.29) is 5.91 Å². The van der Waals surface area contributed by atoms with Crippen LogP contribution in [0, 0.1) is 6.92 Å². The highest BCUT2D eigenvalue weighted by atomic mass is 35.5. The highest BCUT2D eigenvalue weighted by Gasteiger charge is 2.12. The van der Waals surface area contributed by atoms with Gasteiger partial charge in [0.1, 0.15) is 0 Å². The monoisotopic (exact) mass is 316 g/mol. The molecule has 4 heteroatoms. The van der Waals surface area contributed by atoms with E-state index in [9.17, 15) is 4.79 Å². The molecule has 2 aromatic carbocycles. The summed E-state index contributed by atoms with van der Waals surface area (Å²) in [4.78, 5) is 14.1. The van der Waals surface area contributed by atoms with Crippen molar-refractivity contribution >= 4 is 28.9 Å². The quantitative estimate of drug-likeness (QED) is 0.850. The third-order valence-electron chi connectivity index (χ3n) is 3.52. The maximum atomic E-state index is 12.3. The van der Waals surface area contributed by atoms with Crippen LogP contribution in [0.15, 0.2) is 48.5 Å². The molecular formula is C18H21ClN2O. The molecule has 1 N–H and O–H groups in total. The van der Waals surface area contributed by atoms with Gasteiger partial charge in [-0.3, -0.25) is 4.79 Å². The largest absolute Gasteiger partial charge is 0.384 e. The fraction of sp³-hybridized carbons (Fsp3) is 0.278. The number of rotatable bonds is 6. The smallest absolute Gasteiger partial charge is 0.228 e. The van der Waals surface area contributed by atoms with Crippen molar-refractivity contribution < 1.29 is 4.79 Å². The lowest BCUT2D eigenvalue weighted by Crippen LogP contribution is -2.31. The molecule has 2 aromatic rings. The lowest BCUT2D eigenvalue weighted by molar-refractivity contribution is -0.118. The average Bonchev–Trinajstić information content (AvgIpc) is 2.52. The van der Waals surface area contributed by atoms with Crippen molar-refractivity contribution in [1.29, 1.82) is 0 Å². The number of nitrogens with one attached hydrogen (secondary N) is 1. The molecule has 0 saturated carbocycles. The van der Waals surface area contributed by atoms with Crippen LogP contribution in [0.25, 0.3) is 0 Å². The second kappa shape index (κ2) is 7.85. The van der Waals surface area contributed by atoms with E-state index in [4.69, 9.17) is 11.6 Å². The molecule has 116 valence electrons. The van der Waals surface area contributed by atoms with Gasteiger partial charge in [-0.1, -0.05) is 35.9 Å². The molecule has 0 aliphatic carbocycles. The van der Waals surface area contributed by atoms with Gasteiger partial charge < -0.3 is 10.2 Å². The minimum absolute atomic E-state index is 0.111. The second-order valence-electron chi connectivity index (χ2n) is 5.11. The molecule has 2 rings (SSSR count). The summed E-state index contributed by atoms with van der Waals surface area (Å²) in [6.45, 7) is 5.20. The lowest BCUT2D eigenvalue weighted by atomic mass is 10.2. The highest BCUT2D eigenvalue weighted by Crippen LogP contribution is 2.20. The maximum absolute atomic E-state index is 12.3. The van der Waals surface area contributed by atoms with Crippen LogP contribution in [-0.2, 0) is 4.79 Å². The summed E-state index contributed by atoms with van der Waals surface area (Å²) in [6, 6.07) is 15.6. The number of amides is 1. The number of anilines is 2. The first kappa shape index (κ1) is 16.4. The minimum Gasteiger partial charge on any atom is -0.384 e. The number of aryl methyl sites for hydroxylation is 1. The van der Waals surface area contributed by atoms with Crippen LogP contribution < -0.4 is 10.2 Å². The summed E-state index contributed by atoms with van der Waals surface area (Å²) < 4.78 is 0. The summed E-state index contributed by atoms with van der Waals surface area (Å²) in [5.74, 6) is 0.111. The molecule has 22 heavy (non-hydrogen) atoms. The molecule has 0 aliphatic rings. The number of halogens is 1. The van der Waals surface area contributed by atoms with Crippen LogP contribution in [0.1, 0.15) is 18.9 Å². The highest BCUT2D eigenvalue weighted by molar-refractivity contribution is 6.31. The fourth-order valence-electron chi connectivity index (χ4n) is 2.26. The average molecular weight is 317 g/mol. The third kappa shape index (κ3) is 4.25. The molecule has 0 fully saturated rings. The molecule has 0 aromatic heterocycles. The van der Waals surface area contributed by atoms with Crippen LogP contribution in [0.2, 0.25) is 5.02 Å². The standard InChI is InChI=1S/C18H21ClN2O/c1-3-21(16-7-5-4-6-8-16)18(22)11-12-20-15-10-9-14(2)17(19)13-15/h4-10,13,20H,3,11-12H2,1-2H3. The zero-order chi connectivity index (χ0) is 15.9. The number of hydrogen-bond donors (Lipinski definition) is 1. The van der Waals surface area contributed by atoms with E-state index < -0.39 is 0 Å². The minimum atomic E-state index is 0.111. The number of para-hydroxylation sites is 1. The van der Waals surface area contributed by atoms with Gasteiger partial charge in [0, 0.05) is 35.9 Å². The molecule has 0 atom stereocenters. The Balaban J connectivity index is 1.90. The van der Waals surface area contributed by atoms with E-state index in [2.05, 4.69) is 5.32 Å². The molecular weight excluding hydrogens is 296 g/mol. The van der Waals surface area contributed by atoms with Crippen molar-refractivity contribution in [3.05, 3.63) is 59.1 Å². The normalized spacial score (nSPS) is 10.3. The van der Waals surface area contributed by atoms with Crippen molar-refractivity contribution in [2.24, 2.45) is 0 Å². The van der Waals surface area contributed by atoms with Crippen LogP contribution in [0.4, 0.5) is 11.4 Å². The van der Waals surface area contributed by atoms with Gasteiger partial charge in [0.25, 0.3) is 0 Å².